The molecule has 1 nitrogen and oxygen atoms in total. The lowest BCUT2D eigenvalue weighted by molar-refractivity contribution is 0.101. The van der Waals surface area contributed by atoms with E-state index in [1.165, 1.54) is 31.2 Å². The standard InChI is InChI=1S/C16H24O/c1-4-5-6-13(2)7-8-15-9-11-16(12-10-15)14(3)17/h9-13H,4-8H2,1-3H3. The van der Waals surface area contributed by atoms with E-state index in [0.717, 1.165) is 17.9 Å². The second-order valence-electron chi connectivity index (χ2n) is 5.04. The Hall–Kier alpha value is -1.11. The fraction of sp³-hybridized carbons (Fsp3) is 0.562. The summed E-state index contributed by atoms with van der Waals surface area (Å²) in [5, 5.41) is 0. The number of ketones is 1. The number of benzene rings is 1. The molecule has 0 N–H and O–H groups in total. The van der Waals surface area contributed by atoms with E-state index in [1.54, 1.807) is 6.92 Å². The second-order valence-corrected chi connectivity index (χ2v) is 5.04. The first-order valence-electron chi connectivity index (χ1n) is 6.73. The summed E-state index contributed by atoms with van der Waals surface area (Å²) in [5.41, 5.74) is 2.16. The molecule has 0 fully saturated rings. The van der Waals surface area contributed by atoms with Gasteiger partial charge in [0.15, 0.2) is 5.78 Å². The first-order valence-corrected chi connectivity index (χ1v) is 6.73. The maximum atomic E-state index is 11.1. The zero-order chi connectivity index (χ0) is 12.7. The quantitative estimate of drug-likeness (QED) is 0.625. The van der Waals surface area contributed by atoms with Gasteiger partial charge in [0.25, 0.3) is 0 Å². The van der Waals surface area contributed by atoms with Crippen LogP contribution in [0.2, 0.25) is 0 Å². The molecular formula is C16H24O. The summed E-state index contributed by atoms with van der Waals surface area (Å²) in [6.07, 6.45) is 6.34. The molecule has 0 radical (unpaired) electrons. The van der Waals surface area contributed by atoms with Crippen LogP contribution >= 0.6 is 0 Å². The highest BCUT2D eigenvalue weighted by molar-refractivity contribution is 5.93. The van der Waals surface area contributed by atoms with Gasteiger partial charge in [-0.2, -0.15) is 0 Å². The van der Waals surface area contributed by atoms with Gasteiger partial charge in [-0.15, -0.1) is 0 Å². The SMILES string of the molecule is CCCCC(C)CCc1ccc(C(C)=O)cc1. The molecule has 1 aromatic rings. The van der Waals surface area contributed by atoms with Crippen molar-refractivity contribution in [3.8, 4) is 0 Å². The van der Waals surface area contributed by atoms with Crippen molar-refractivity contribution in [2.75, 3.05) is 0 Å². The first kappa shape index (κ1) is 14.0. The molecular weight excluding hydrogens is 208 g/mol. The summed E-state index contributed by atoms with van der Waals surface area (Å²) >= 11 is 0. The number of carbonyl (C=O) groups excluding carboxylic acids is 1. The zero-order valence-corrected chi connectivity index (χ0v) is 11.3. The molecule has 0 saturated carbocycles. The molecule has 0 aliphatic heterocycles. The number of carbonyl (C=O) groups is 1. The smallest absolute Gasteiger partial charge is 0.159 e. The highest BCUT2D eigenvalue weighted by atomic mass is 16.1. The number of unbranched alkanes of at least 4 members (excludes halogenated alkanes) is 1. The molecule has 0 aliphatic carbocycles. The maximum Gasteiger partial charge on any atom is 0.159 e. The normalized spacial score (nSPS) is 12.4. The van der Waals surface area contributed by atoms with E-state index in [1.807, 2.05) is 12.1 Å². The van der Waals surface area contributed by atoms with Gasteiger partial charge in [-0.05, 0) is 31.2 Å². The van der Waals surface area contributed by atoms with Crippen LogP contribution in [-0.2, 0) is 6.42 Å². The summed E-state index contributed by atoms with van der Waals surface area (Å²) in [7, 11) is 0. The molecule has 0 aromatic heterocycles. The molecule has 0 aliphatic rings. The first-order chi connectivity index (χ1) is 8.13. The van der Waals surface area contributed by atoms with Crippen molar-refractivity contribution in [3.63, 3.8) is 0 Å². The van der Waals surface area contributed by atoms with E-state index in [4.69, 9.17) is 0 Å². The highest BCUT2D eigenvalue weighted by Gasteiger charge is 2.03. The van der Waals surface area contributed by atoms with Crippen LogP contribution in [0.4, 0.5) is 0 Å². The fourth-order valence-electron chi connectivity index (χ4n) is 2.02. The Labute approximate surface area is 105 Å². The van der Waals surface area contributed by atoms with Gasteiger partial charge in [0, 0.05) is 5.56 Å². The van der Waals surface area contributed by atoms with Gasteiger partial charge in [-0.3, -0.25) is 4.79 Å². The van der Waals surface area contributed by atoms with Crippen LogP contribution in [0.25, 0.3) is 0 Å². The molecule has 0 amide bonds. The molecule has 1 heteroatoms. The second kappa shape index (κ2) is 7.26. The molecule has 1 unspecified atom stereocenters. The highest BCUT2D eigenvalue weighted by Crippen LogP contribution is 2.16. The minimum atomic E-state index is 0.146. The van der Waals surface area contributed by atoms with Gasteiger partial charge in [-0.1, -0.05) is 57.4 Å². The minimum Gasteiger partial charge on any atom is -0.295 e. The van der Waals surface area contributed by atoms with Crippen molar-refractivity contribution >= 4 is 5.78 Å². The molecule has 0 bridgehead atoms. The van der Waals surface area contributed by atoms with Crippen LogP contribution in [-0.4, -0.2) is 5.78 Å². The number of hydrogen-bond donors (Lipinski definition) is 0. The van der Waals surface area contributed by atoms with Crippen molar-refractivity contribution in [1.82, 2.24) is 0 Å². The zero-order valence-electron chi connectivity index (χ0n) is 11.3. The summed E-state index contributed by atoms with van der Waals surface area (Å²) in [4.78, 5) is 11.1. The predicted molar refractivity (Wildman–Crippen MR) is 73.5 cm³/mol. The Bertz CT molecular complexity index is 337. The lowest BCUT2D eigenvalue weighted by atomic mass is 9.96. The summed E-state index contributed by atoms with van der Waals surface area (Å²) in [6.45, 7) is 6.19. The van der Waals surface area contributed by atoms with Gasteiger partial charge in [0.2, 0.25) is 0 Å². The lowest BCUT2D eigenvalue weighted by Gasteiger charge is -2.10. The molecule has 17 heavy (non-hydrogen) atoms. The van der Waals surface area contributed by atoms with Crippen LogP contribution in [0.15, 0.2) is 24.3 Å². The van der Waals surface area contributed by atoms with E-state index >= 15 is 0 Å². The Morgan fingerprint density at radius 1 is 1.18 bits per heavy atom. The molecule has 0 saturated heterocycles. The Morgan fingerprint density at radius 3 is 2.35 bits per heavy atom. The maximum absolute atomic E-state index is 11.1. The van der Waals surface area contributed by atoms with Crippen LogP contribution in [0.1, 0.15) is 62.4 Å². The largest absolute Gasteiger partial charge is 0.295 e. The molecule has 1 atom stereocenters. The average Bonchev–Trinajstić information content (AvgIpc) is 2.34. The Balaban J connectivity index is 2.39. The third kappa shape index (κ3) is 5.16. The van der Waals surface area contributed by atoms with E-state index in [0.29, 0.717) is 0 Å². The fourth-order valence-corrected chi connectivity index (χ4v) is 2.02. The van der Waals surface area contributed by atoms with Gasteiger partial charge in [0.1, 0.15) is 0 Å². The number of hydrogen-bond acceptors (Lipinski definition) is 1. The van der Waals surface area contributed by atoms with Gasteiger partial charge in [0.05, 0.1) is 0 Å². The summed E-state index contributed by atoms with van der Waals surface area (Å²) in [5.74, 6) is 0.954. The van der Waals surface area contributed by atoms with Crippen LogP contribution in [0.5, 0.6) is 0 Å². The number of aryl methyl sites for hydroxylation is 1. The van der Waals surface area contributed by atoms with Crippen molar-refractivity contribution < 1.29 is 4.79 Å². The topological polar surface area (TPSA) is 17.1 Å². The van der Waals surface area contributed by atoms with Crippen molar-refractivity contribution in [2.45, 2.75) is 52.9 Å². The summed E-state index contributed by atoms with van der Waals surface area (Å²) < 4.78 is 0. The molecule has 1 rings (SSSR count). The van der Waals surface area contributed by atoms with E-state index in [-0.39, 0.29) is 5.78 Å². The molecule has 0 spiro atoms. The van der Waals surface area contributed by atoms with Crippen molar-refractivity contribution in [2.24, 2.45) is 5.92 Å². The number of rotatable bonds is 7. The van der Waals surface area contributed by atoms with E-state index < -0.39 is 0 Å². The monoisotopic (exact) mass is 232 g/mol. The van der Waals surface area contributed by atoms with Crippen LogP contribution < -0.4 is 0 Å². The van der Waals surface area contributed by atoms with Crippen LogP contribution in [0.3, 0.4) is 0 Å². The average molecular weight is 232 g/mol. The van der Waals surface area contributed by atoms with Crippen molar-refractivity contribution in [3.05, 3.63) is 35.4 Å². The minimum absolute atomic E-state index is 0.146. The lowest BCUT2D eigenvalue weighted by Crippen LogP contribution is -1.98. The Kier molecular flexibility index (Phi) is 5.96. The third-order valence-corrected chi connectivity index (χ3v) is 3.34. The van der Waals surface area contributed by atoms with Crippen LogP contribution in [0, 0.1) is 5.92 Å². The molecule has 1 aromatic carbocycles. The number of Topliss-reactive ketones (excluding diaryl/α,β-unsaturated/α-hetero) is 1. The Morgan fingerprint density at radius 2 is 1.82 bits per heavy atom. The van der Waals surface area contributed by atoms with Gasteiger partial charge < -0.3 is 0 Å². The van der Waals surface area contributed by atoms with Crippen molar-refractivity contribution in [1.29, 1.82) is 0 Å². The van der Waals surface area contributed by atoms with Gasteiger partial charge >= 0.3 is 0 Å². The molecule has 0 heterocycles. The third-order valence-electron chi connectivity index (χ3n) is 3.34. The van der Waals surface area contributed by atoms with E-state index in [9.17, 15) is 4.79 Å². The summed E-state index contributed by atoms with van der Waals surface area (Å²) in [6, 6.07) is 8.05. The van der Waals surface area contributed by atoms with Gasteiger partial charge in [-0.25, -0.2) is 0 Å². The molecule has 94 valence electrons. The van der Waals surface area contributed by atoms with E-state index in [2.05, 4.69) is 26.0 Å². The predicted octanol–water partition coefficient (Wildman–Crippen LogP) is 4.65.